The Hall–Kier alpha value is -3.87. The lowest BCUT2D eigenvalue weighted by Crippen LogP contribution is -2.51. The number of carbonyl (C=O) groups excluding carboxylic acids is 1. The summed E-state index contributed by atoms with van der Waals surface area (Å²) in [5.74, 6) is 0.495. The molecule has 0 aliphatic rings. The maximum atomic E-state index is 13.6. The van der Waals surface area contributed by atoms with E-state index in [1.165, 1.54) is 50.0 Å². The lowest BCUT2D eigenvalue weighted by molar-refractivity contribution is -0.122. The predicted octanol–water partition coefficient (Wildman–Crippen LogP) is 3.18. The van der Waals surface area contributed by atoms with Crippen molar-refractivity contribution in [1.29, 1.82) is 0 Å². The molecule has 0 radical (unpaired) electrons. The van der Waals surface area contributed by atoms with Gasteiger partial charge in [-0.3, -0.25) is 4.79 Å². The molecule has 0 unspecified atom stereocenters. The fraction of sp³-hybridized carbons (Fsp3) is 0.419. The van der Waals surface area contributed by atoms with E-state index in [9.17, 15) is 23.4 Å². The van der Waals surface area contributed by atoms with E-state index < -0.39 is 22.2 Å². The molecule has 2 atom stereocenters. The summed E-state index contributed by atoms with van der Waals surface area (Å²) in [7, 11) is 0.323. The topological polar surface area (TPSA) is 148 Å². The van der Waals surface area contributed by atoms with Crippen LogP contribution in [0.2, 0.25) is 0 Å². The van der Waals surface area contributed by atoms with E-state index in [1.807, 2.05) is 44.2 Å². The molecule has 3 N–H and O–H groups in total. The van der Waals surface area contributed by atoms with Crippen LogP contribution >= 0.6 is 0 Å². The number of aliphatic hydroxyl groups is 1. The molecule has 0 aliphatic heterocycles. The third-order valence-corrected chi connectivity index (χ3v) is 8.64. The number of pyridine rings is 1. The number of aryl methyl sites for hydroxylation is 1. The van der Waals surface area contributed by atoms with E-state index in [1.54, 1.807) is 6.07 Å². The minimum Gasteiger partial charge on any atom is -0.504 e. The van der Waals surface area contributed by atoms with Gasteiger partial charge in [-0.15, -0.1) is 0 Å². The highest BCUT2D eigenvalue weighted by Gasteiger charge is 2.31. The quantitative estimate of drug-likeness (QED) is 0.221. The van der Waals surface area contributed by atoms with Crippen molar-refractivity contribution < 1.29 is 37.6 Å². The van der Waals surface area contributed by atoms with Crippen molar-refractivity contribution in [2.45, 2.75) is 50.2 Å². The van der Waals surface area contributed by atoms with Gasteiger partial charge in [-0.1, -0.05) is 44.2 Å². The van der Waals surface area contributed by atoms with E-state index in [2.05, 4.69) is 10.3 Å². The second-order valence-electron chi connectivity index (χ2n) is 10.5. The number of sulfonamides is 1. The van der Waals surface area contributed by atoms with Crippen LogP contribution in [-0.4, -0.2) is 80.4 Å². The molecule has 3 rings (SSSR count). The zero-order valence-electron chi connectivity index (χ0n) is 25.2. The molecule has 1 amide bonds. The number of ether oxygens (including phenoxy) is 3. The van der Waals surface area contributed by atoms with Crippen molar-refractivity contribution in [1.82, 2.24) is 14.6 Å². The Morgan fingerprint density at radius 3 is 2.26 bits per heavy atom. The van der Waals surface area contributed by atoms with Crippen molar-refractivity contribution in [2.75, 3.05) is 34.4 Å². The molecule has 2 aromatic carbocycles. The standard InChI is InChI=1S/C31H41N3O8S/c1-21(2)19-34(43(38,39)24-12-14-31(42-5)32-18-24)20-27(36)25(15-22-9-7-6-8-10-22)33-30(37)13-11-23-16-29(41-4)26(35)17-28(23)40-3/h6-10,12,14,16-18,21,25,27,35-36H,11,13,15,19-20H2,1-5H3,(H,33,37)/t25-,27+/m0/s1. The van der Waals surface area contributed by atoms with Crippen molar-refractivity contribution >= 4 is 15.9 Å². The summed E-state index contributed by atoms with van der Waals surface area (Å²) in [4.78, 5) is 17.2. The average Bonchev–Trinajstić information content (AvgIpc) is 2.99. The van der Waals surface area contributed by atoms with Gasteiger partial charge in [0.05, 0.1) is 39.7 Å². The Morgan fingerprint density at radius 2 is 1.67 bits per heavy atom. The molecule has 3 aromatic rings. The summed E-state index contributed by atoms with van der Waals surface area (Å²) >= 11 is 0. The number of phenolic OH excluding ortho intramolecular Hbond substituents is 1. The van der Waals surface area contributed by atoms with Crippen LogP contribution < -0.4 is 19.5 Å². The summed E-state index contributed by atoms with van der Waals surface area (Å²) in [5, 5.41) is 24.4. The third kappa shape index (κ3) is 9.31. The van der Waals surface area contributed by atoms with Gasteiger partial charge in [0.2, 0.25) is 21.8 Å². The first kappa shape index (κ1) is 33.6. The van der Waals surface area contributed by atoms with Crippen LogP contribution in [0.25, 0.3) is 0 Å². The average molecular weight is 616 g/mol. The zero-order valence-corrected chi connectivity index (χ0v) is 26.0. The number of hydrogen-bond donors (Lipinski definition) is 3. The smallest absolute Gasteiger partial charge is 0.244 e. The highest BCUT2D eigenvalue weighted by atomic mass is 32.2. The molecule has 0 bridgehead atoms. The van der Waals surface area contributed by atoms with Gasteiger partial charge in [-0.2, -0.15) is 4.31 Å². The normalized spacial score (nSPS) is 13.0. The Bertz CT molecular complexity index is 1430. The monoisotopic (exact) mass is 615 g/mol. The van der Waals surface area contributed by atoms with Gasteiger partial charge in [0, 0.05) is 31.6 Å². The lowest BCUT2D eigenvalue weighted by Gasteiger charge is -2.30. The molecule has 0 saturated heterocycles. The third-order valence-electron chi connectivity index (χ3n) is 6.83. The fourth-order valence-corrected chi connectivity index (χ4v) is 6.19. The first-order chi connectivity index (χ1) is 20.5. The van der Waals surface area contributed by atoms with Gasteiger partial charge in [0.25, 0.3) is 0 Å². The molecule has 11 nitrogen and oxygen atoms in total. The van der Waals surface area contributed by atoms with Crippen LogP contribution in [0, 0.1) is 5.92 Å². The van der Waals surface area contributed by atoms with Gasteiger partial charge < -0.3 is 29.7 Å². The van der Waals surface area contributed by atoms with Crippen molar-refractivity contribution in [3.05, 3.63) is 71.9 Å². The molecule has 0 fully saturated rings. The summed E-state index contributed by atoms with van der Waals surface area (Å²) < 4.78 is 44.0. The molecule has 43 heavy (non-hydrogen) atoms. The second kappa shape index (κ2) is 15.6. The number of rotatable bonds is 16. The summed E-state index contributed by atoms with van der Waals surface area (Å²) in [6.07, 6.45) is 0.603. The fourth-order valence-electron chi connectivity index (χ4n) is 4.62. The molecule has 0 spiro atoms. The number of nitrogens with zero attached hydrogens (tertiary/aromatic N) is 2. The Morgan fingerprint density at radius 1 is 0.977 bits per heavy atom. The predicted molar refractivity (Wildman–Crippen MR) is 162 cm³/mol. The molecule has 12 heteroatoms. The second-order valence-corrected chi connectivity index (χ2v) is 12.5. The lowest BCUT2D eigenvalue weighted by atomic mass is 10.00. The molecule has 1 aromatic heterocycles. The first-order valence-corrected chi connectivity index (χ1v) is 15.4. The number of phenols is 1. The molecular weight excluding hydrogens is 574 g/mol. The summed E-state index contributed by atoms with van der Waals surface area (Å²) in [6.45, 7) is 3.68. The Kier molecular flexibility index (Phi) is 12.2. The summed E-state index contributed by atoms with van der Waals surface area (Å²) in [5.41, 5.74) is 1.53. The van der Waals surface area contributed by atoms with Crippen LogP contribution in [0.3, 0.4) is 0 Å². The van der Waals surface area contributed by atoms with Crippen LogP contribution in [0.15, 0.2) is 65.7 Å². The number of benzene rings is 2. The highest BCUT2D eigenvalue weighted by Crippen LogP contribution is 2.34. The minimum absolute atomic E-state index is 0.0249. The largest absolute Gasteiger partial charge is 0.504 e. The van der Waals surface area contributed by atoms with Gasteiger partial charge in [0.1, 0.15) is 10.6 Å². The number of nitrogens with one attached hydrogen (secondary N) is 1. The van der Waals surface area contributed by atoms with Crippen LogP contribution in [-0.2, 0) is 27.7 Å². The molecule has 1 heterocycles. The van der Waals surface area contributed by atoms with E-state index in [0.29, 0.717) is 11.3 Å². The number of carbonyl (C=O) groups is 1. The first-order valence-electron chi connectivity index (χ1n) is 13.9. The number of aliphatic hydroxyl groups excluding tert-OH is 1. The van der Waals surface area contributed by atoms with Gasteiger partial charge in [-0.05, 0) is 42.0 Å². The minimum atomic E-state index is -4.02. The summed E-state index contributed by atoms with van der Waals surface area (Å²) in [6, 6.07) is 14.5. The van der Waals surface area contributed by atoms with Crippen molar-refractivity contribution in [3.8, 4) is 23.1 Å². The number of aromatic nitrogens is 1. The van der Waals surface area contributed by atoms with Crippen molar-refractivity contribution in [3.63, 3.8) is 0 Å². The maximum absolute atomic E-state index is 13.6. The van der Waals surface area contributed by atoms with E-state index in [-0.39, 0.29) is 66.5 Å². The number of aromatic hydroxyl groups is 1. The van der Waals surface area contributed by atoms with Gasteiger partial charge >= 0.3 is 0 Å². The highest BCUT2D eigenvalue weighted by molar-refractivity contribution is 7.89. The molecule has 0 saturated carbocycles. The van der Waals surface area contributed by atoms with Crippen LogP contribution in [0.5, 0.6) is 23.1 Å². The maximum Gasteiger partial charge on any atom is 0.244 e. The molecule has 0 aliphatic carbocycles. The number of methoxy groups -OCH3 is 3. The Balaban J connectivity index is 1.82. The molecule has 234 valence electrons. The van der Waals surface area contributed by atoms with Crippen LogP contribution in [0.4, 0.5) is 0 Å². The van der Waals surface area contributed by atoms with Crippen molar-refractivity contribution in [2.24, 2.45) is 5.92 Å². The zero-order chi connectivity index (χ0) is 31.6. The number of amides is 1. The SMILES string of the molecule is COc1ccc(S(=O)(=O)N(CC(C)C)C[C@@H](O)[C@H](Cc2ccccc2)NC(=O)CCc2cc(OC)c(O)cc2OC)cn1. The van der Waals surface area contributed by atoms with E-state index >= 15 is 0 Å². The Labute approximate surface area is 253 Å². The molecular formula is C31H41N3O8S. The van der Waals surface area contributed by atoms with E-state index in [0.717, 1.165) is 5.56 Å². The van der Waals surface area contributed by atoms with Gasteiger partial charge in [0.15, 0.2) is 11.5 Å². The number of hydrogen-bond acceptors (Lipinski definition) is 9. The van der Waals surface area contributed by atoms with E-state index in [4.69, 9.17) is 14.2 Å². The van der Waals surface area contributed by atoms with Gasteiger partial charge in [-0.25, -0.2) is 13.4 Å². The van der Waals surface area contributed by atoms with Crippen LogP contribution in [0.1, 0.15) is 31.4 Å².